The fourth-order valence-corrected chi connectivity index (χ4v) is 4.33. The molecule has 0 amide bonds. The highest BCUT2D eigenvalue weighted by Gasteiger charge is 2.21. The number of carbonyl (C=O) groups is 1. The molecule has 0 aromatic rings. The summed E-state index contributed by atoms with van der Waals surface area (Å²) in [5, 5.41) is 10.6. The first-order valence-electron chi connectivity index (χ1n) is 12.6. The summed E-state index contributed by atoms with van der Waals surface area (Å²) in [5.41, 5.74) is 0. The monoisotopic (exact) mass is 397 g/mol. The second kappa shape index (κ2) is 19.7. The predicted octanol–water partition coefficient (Wildman–Crippen LogP) is 6.24. The Hall–Kier alpha value is -0.570. The van der Waals surface area contributed by atoms with Gasteiger partial charge in [0.15, 0.2) is 0 Å². The van der Waals surface area contributed by atoms with Gasteiger partial charge in [0.25, 0.3) is 0 Å². The number of carboxylic acids is 1. The minimum absolute atomic E-state index is 0.215. The van der Waals surface area contributed by atoms with Crippen molar-refractivity contribution >= 4 is 5.97 Å². The molecule has 0 aliphatic heterocycles. The van der Waals surface area contributed by atoms with Crippen LogP contribution in [0.4, 0.5) is 0 Å². The molecular weight excluding hydrogens is 346 g/mol. The minimum Gasteiger partial charge on any atom is -0.550 e. The highest BCUT2D eigenvalue weighted by atomic mass is 16.4. The van der Waals surface area contributed by atoms with E-state index in [-0.39, 0.29) is 6.42 Å². The molecule has 0 radical (unpaired) electrons. The molecule has 0 spiro atoms. The van der Waals surface area contributed by atoms with Crippen molar-refractivity contribution in [3.8, 4) is 0 Å². The van der Waals surface area contributed by atoms with Crippen molar-refractivity contribution in [1.29, 1.82) is 0 Å². The number of hydrogen-bond donors (Lipinski definition) is 0. The Morgan fingerprint density at radius 1 is 0.571 bits per heavy atom. The number of quaternary nitrogens is 1. The van der Waals surface area contributed by atoms with Crippen LogP contribution in [-0.4, -0.2) is 36.6 Å². The highest BCUT2D eigenvalue weighted by Crippen LogP contribution is 2.16. The van der Waals surface area contributed by atoms with Gasteiger partial charge in [-0.05, 0) is 46.0 Å². The smallest absolute Gasteiger partial charge is 0.0786 e. The van der Waals surface area contributed by atoms with E-state index in [9.17, 15) is 9.90 Å². The van der Waals surface area contributed by atoms with Crippen LogP contribution in [0.1, 0.15) is 130 Å². The summed E-state index contributed by atoms with van der Waals surface area (Å²) < 4.78 is 1.16. The van der Waals surface area contributed by atoms with Crippen LogP contribution in [0, 0.1) is 0 Å². The Morgan fingerprint density at radius 2 is 0.929 bits per heavy atom. The van der Waals surface area contributed by atoms with Crippen molar-refractivity contribution in [2.75, 3.05) is 26.2 Å². The quantitative estimate of drug-likeness (QED) is 0.160. The van der Waals surface area contributed by atoms with Crippen molar-refractivity contribution < 1.29 is 14.4 Å². The maximum atomic E-state index is 10.6. The molecule has 0 bridgehead atoms. The van der Waals surface area contributed by atoms with Crippen LogP contribution in [0.5, 0.6) is 0 Å². The number of nitrogens with zero attached hydrogens (tertiary/aromatic N) is 1. The molecule has 168 valence electrons. The summed E-state index contributed by atoms with van der Waals surface area (Å²) in [6.07, 6.45) is 21.7. The van der Waals surface area contributed by atoms with Crippen LogP contribution in [-0.2, 0) is 4.79 Å². The van der Waals surface area contributed by atoms with Crippen molar-refractivity contribution in [3.05, 3.63) is 0 Å². The van der Waals surface area contributed by atoms with Gasteiger partial charge in [-0.25, -0.2) is 0 Å². The molecule has 0 aliphatic carbocycles. The molecule has 0 atom stereocenters. The first-order valence-corrected chi connectivity index (χ1v) is 12.6. The van der Waals surface area contributed by atoms with Gasteiger partial charge in [-0.1, -0.05) is 84.0 Å². The average molecular weight is 398 g/mol. The zero-order chi connectivity index (χ0) is 20.9. The van der Waals surface area contributed by atoms with Crippen LogP contribution in [0.3, 0.4) is 0 Å². The van der Waals surface area contributed by atoms with E-state index in [1.54, 1.807) is 0 Å². The summed E-state index contributed by atoms with van der Waals surface area (Å²) in [7, 11) is 0. The minimum atomic E-state index is -0.905. The van der Waals surface area contributed by atoms with Crippen LogP contribution in [0.2, 0.25) is 0 Å². The molecule has 0 saturated heterocycles. The van der Waals surface area contributed by atoms with E-state index in [1.807, 2.05) is 0 Å². The standard InChI is InChI=1S/C25H51NO2/c1-4-7-8-9-10-11-12-13-14-15-16-17-18-20-23-26(5-2,6-3)24-21-19-22-25(27)28/h4-24H2,1-3H3. The number of aliphatic carboxylic acids is 1. The van der Waals surface area contributed by atoms with E-state index in [0.717, 1.165) is 23.9 Å². The molecule has 0 unspecified atom stereocenters. The van der Waals surface area contributed by atoms with Crippen molar-refractivity contribution in [3.63, 3.8) is 0 Å². The van der Waals surface area contributed by atoms with Crippen LogP contribution < -0.4 is 5.11 Å². The lowest BCUT2D eigenvalue weighted by molar-refractivity contribution is -0.925. The molecule has 0 fully saturated rings. The van der Waals surface area contributed by atoms with Crippen LogP contribution in [0.15, 0.2) is 0 Å². The Bertz CT molecular complexity index is 339. The molecule has 0 rings (SSSR count). The molecule has 3 heteroatoms. The summed E-state index contributed by atoms with van der Waals surface area (Å²) in [6, 6.07) is 0. The van der Waals surface area contributed by atoms with E-state index in [4.69, 9.17) is 0 Å². The van der Waals surface area contributed by atoms with E-state index < -0.39 is 5.97 Å². The topological polar surface area (TPSA) is 40.1 Å². The summed E-state index contributed by atoms with van der Waals surface area (Å²) in [6.45, 7) is 11.6. The zero-order valence-corrected chi connectivity index (χ0v) is 19.6. The maximum absolute atomic E-state index is 10.6. The predicted molar refractivity (Wildman–Crippen MR) is 120 cm³/mol. The molecule has 28 heavy (non-hydrogen) atoms. The Kier molecular flexibility index (Phi) is 19.3. The fraction of sp³-hybridized carbons (Fsp3) is 0.960. The maximum Gasteiger partial charge on any atom is 0.0786 e. The molecule has 3 nitrogen and oxygen atoms in total. The zero-order valence-electron chi connectivity index (χ0n) is 19.6. The first kappa shape index (κ1) is 27.4. The molecule has 0 N–H and O–H groups in total. The van der Waals surface area contributed by atoms with E-state index >= 15 is 0 Å². The Morgan fingerprint density at radius 3 is 1.29 bits per heavy atom. The van der Waals surface area contributed by atoms with Gasteiger partial charge in [0.05, 0.1) is 26.2 Å². The number of unbranched alkanes of at least 4 members (excludes halogenated alkanes) is 14. The van der Waals surface area contributed by atoms with Gasteiger partial charge in [-0.3, -0.25) is 0 Å². The summed E-state index contributed by atoms with van der Waals surface area (Å²) >= 11 is 0. The van der Waals surface area contributed by atoms with E-state index in [0.29, 0.717) is 0 Å². The van der Waals surface area contributed by atoms with Gasteiger partial charge in [0.1, 0.15) is 0 Å². The van der Waals surface area contributed by atoms with Gasteiger partial charge >= 0.3 is 0 Å². The van der Waals surface area contributed by atoms with Gasteiger partial charge in [-0.2, -0.15) is 0 Å². The lowest BCUT2D eigenvalue weighted by atomic mass is 10.0. The summed E-state index contributed by atoms with van der Waals surface area (Å²) in [4.78, 5) is 10.6. The molecule has 0 aromatic heterocycles. The van der Waals surface area contributed by atoms with Crippen molar-refractivity contribution in [2.45, 2.75) is 130 Å². The van der Waals surface area contributed by atoms with Gasteiger partial charge in [-0.15, -0.1) is 0 Å². The van der Waals surface area contributed by atoms with Crippen molar-refractivity contribution in [2.24, 2.45) is 0 Å². The van der Waals surface area contributed by atoms with Gasteiger partial charge in [0.2, 0.25) is 0 Å². The molecule has 0 aromatic carbocycles. The SMILES string of the molecule is CCCCCCCCCCCCCCCC[N+](CC)(CC)CCCCC(=O)[O-]. The number of carboxylic acid groups (broad SMARTS) is 1. The fourth-order valence-electron chi connectivity index (χ4n) is 4.33. The van der Waals surface area contributed by atoms with Gasteiger partial charge < -0.3 is 14.4 Å². The van der Waals surface area contributed by atoms with E-state index in [1.165, 1.54) is 110 Å². The first-order chi connectivity index (χ1) is 13.6. The molecule has 0 aliphatic rings. The number of hydrogen-bond acceptors (Lipinski definition) is 2. The third-order valence-corrected chi connectivity index (χ3v) is 6.59. The normalized spacial score (nSPS) is 11.8. The molecule has 0 saturated carbocycles. The number of rotatable bonds is 22. The van der Waals surface area contributed by atoms with Gasteiger partial charge in [0, 0.05) is 5.97 Å². The molecule has 0 heterocycles. The molecular formula is C25H51NO2. The lowest BCUT2D eigenvalue weighted by Crippen LogP contribution is -2.49. The van der Waals surface area contributed by atoms with Crippen LogP contribution >= 0.6 is 0 Å². The Labute approximate surface area is 176 Å². The van der Waals surface area contributed by atoms with E-state index in [2.05, 4.69) is 20.8 Å². The largest absolute Gasteiger partial charge is 0.550 e. The second-order valence-electron chi connectivity index (χ2n) is 8.85. The lowest BCUT2D eigenvalue weighted by Gasteiger charge is -2.37. The second-order valence-corrected chi connectivity index (χ2v) is 8.85. The van der Waals surface area contributed by atoms with Crippen molar-refractivity contribution in [1.82, 2.24) is 0 Å². The highest BCUT2D eigenvalue weighted by molar-refractivity contribution is 5.64. The third kappa shape index (κ3) is 16.4. The summed E-state index contributed by atoms with van der Waals surface area (Å²) in [5.74, 6) is -0.905. The number of carbonyl (C=O) groups excluding carboxylic acids is 1. The van der Waals surface area contributed by atoms with Crippen LogP contribution in [0.25, 0.3) is 0 Å². The third-order valence-electron chi connectivity index (χ3n) is 6.59. The Balaban J connectivity index is 3.55. The average Bonchev–Trinajstić information content (AvgIpc) is 2.70.